The van der Waals surface area contributed by atoms with Gasteiger partial charge in [0.05, 0.1) is 9.80 Å². The summed E-state index contributed by atoms with van der Waals surface area (Å²) in [7, 11) is 0. The number of cyclic esters (lactones) is 1. The van der Waals surface area contributed by atoms with Crippen molar-refractivity contribution >= 4 is 35.0 Å². The van der Waals surface area contributed by atoms with E-state index in [4.69, 9.17) is 9.47 Å². The van der Waals surface area contributed by atoms with Gasteiger partial charge in [0, 0.05) is 12.1 Å². The van der Waals surface area contributed by atoms with Gasteiger partial charge in [-0.15, -0.1) is 11.3 Å². The lowest BCUT2D eigenvalue weighted by atomic mass is 10.2. The molecule has 3 aromatic rings. The van der Waals surface area contributed by atoms with Crippen LogP contribution in [0.25, 0.3) is 6.08 Å². The van der Waals surface area contributed by atoms with Crippen LogP contribution in [0.2, 0.25) is 0 Å². The average molecular weight is 406 g/mol. The van der Waals surface area contributed by atoms with Gasteiger partial charge in [-0.3, -0.25) is 10.1 Å². The lowest BCUT2D eigenvalue weighted by Crippen LogP contribution is -2.03. The first kappa shape index (κ1) is 18.6. The third kappa shape index (κ3) is 4.39. The number of ether oxygens (including phenoxy) is 2. The predicted molar refractivity (Wildman–Crippen MR) is 109 cm³/mol. The maximum Gasteiger partial charge on any atom is 0.363 e. The molecule has 0 unspecified atom stereocenters. The summed E-state index contributed by atoms with van der Waals surface area (Å²) in [4.78, 5) is 27.5. The molecule has 8 heteroatoms. The van der Waals surface area contributed by atoms with E-state index in [9.17, 15) is 14.9 Å². The molecule has 0 saturated heterocycles. The second-order valence-electron chi connectivity index (χ2n) is 6.10. The van der Waals surface area contributed by atoms with E-state index in [0.29, 0.717) is 17.2 Å². The first-order chi connectivity index (χ1) is 14.1. The van der Waals surface area contributed by atoms with Crippen LogP contribution in [0.5, 0.6) is 5.75 Å². The number of aliphatic imine (C=N–C) groups is 1. The topological polar surface area (TPSA) is 91.0 Å². The molecule has 2 heterocycles. The third-order valence-electron chi connectivity index (χ3n) is 4.06. The summed E-state index contributed by atoms with van der Waals surface area (Å²) in [5.74, 6) is 0.433. The smallest absolute Gasteiger partial charge is 0.363 e. The van der Waals surface area contributed by atoms with Crippen molar-refractivity contribution in [3.05, 3.63) is 97.9 Å². The highest BCUT2D eigenvalue weighted by atomic mass is 32.1. The Hall–Kier alpha value is -3.78. The van der Waals surface area contributed by atoms with Crippen molar-refractivity contribution in [1.82, 2.24) is 0 Å². The van der Waals surface area contributed by atoms with Gasteiger partial charge in [-0.25, -0.2) is 9.79 Å². The van der Waals surface area contributed by atoms with Crippen molar-refractivity contribution in [2.45, 2.75) is 6.61 Å². The summed E-state index contributed by atoms with van der Waals surface area (Å²) in [6, 6.07) is 17.1. The fourth-order valence-electron chi connectivity index (χ4n) is 2.66. The van der Waals surface area contributed by atoms with Crippen LogP contribution in [0.1, 0.15) is 16.0 Å². The van der Waals surface area contributed by atoms with Crippen molar-refractivity contribution in [3.63, 3.8) is 0 Å². The summed E-state index contributed by atoms with van der Waals surface area (Å²) in [6.07, 6.45) is 1.65. The molecule has 4 rings (SSSR count). The number of benzene rings is 2. The Morgan fingerprint density at radius 3 is 2.69 bits per heavy atom. The highest BCUT2D eigenvalue weighted by Crippen LogP contribution is 2.23. The lowest BCUT2D eigenvalue weighted by Gasteiger charge is -2.06. The van der Waals surface area contributed by atoms with Crippen LogP contribution < -0.4 is 4.74 Å². The molecule has 0 spiro atoms. The monoisotopic (exact) mass is 406 g/mol. The maximum absolute atomic E-state index is 12.0. The molecule has 0 bridgehead atoms. The zero-order chi connectivity index (χ0) is 20.2. The second-order valence-corrected chi connectivity index (χ2v) is 7.05. The van der Waals surface area contributed by atoms with E-state index in [1.54, 1.807) is 42.5 Å². The quantitative estimate of drug-likeness (QED) is 0.259. The largest absolute Gasteiger partial charge is 0.489 e. The molecule has 1 aliphatic rings. The maximum atomic E-state index is 12.0. The molecule has 0 fully saturated rings. The average Bonchev–Trinajstić information content (AvgIpc) is 3.38. The van der Waals surface area contributed by atoms with Gasteiger partial charge in [-0.1, -0.05) is 30.3 Å². The summed E-state index contributed by atoms with van der Waals surface area (Å²) in [6.45, 7) is 0.211. The molecule has 144 valence electrons. The summed E-state index contributed by atoms with van der Waals surface area (Å²) < 4.78 is 10.9. The molecule has 1 aliphatic heterocycles. The molecule has 0 aliphatic carbocycles. The van der Waals surface area contributed by atoms with Gasteiger partial charge in [-0.2, -0.15) is 0 Å². The highest BCUT2D eigenvalue weighted by Gasteiger charge is 2.24. The van der Waals surface area contributed by atoms with E-state index in [1.165, 1.54) is 23.5 Å². The molecule has 0 saturated carbocycles. The van der Waals surface area contributed by atoms with E-state index < -0.39 is 10.9 Å². The van der Waals surface area contributed by atoms with Gasteiger partial charge < -0.3 is 9.47 Å². The molecule has 0 atom stereocenters. The molecule has 1 aromatic heterocycles. The molecule has 0 radical (unpaired) electrons. The Balaban J connectivity index is 1.43. The first-order valence-corrected chi connectivity index (χ1v) is 9.49. The van der Waals surface area contributed by atoms with Gasteiger partial charge >= 0.3 is 5.97 Å². The van der Waals surface area contributed by atoms with Crippen LogP contribution in [0, 0.1) is 10.1 Å². The zero-order valence-corrected chi connectivity index (χ0v) is 15.8. The number of nitro groups is 1. The summed E-state index contributed by atoms with van der Waals surface area (Å²) in [5, 5.41) is 12.7. The molecular weight excluding hydrogens is 392 g/mol. The number of carbonyl (C=O) groups excluding carboxylic acids is 1. The van der Waals surface area contributed by atoms with Gasteiger partial charge in [-0.05, 0) is 40.8 Å². The summed E-state index contributed by atoms with van der Waals surface area (Å²) in [5.41, 5.74) is 1.74. The van der Waals surface area contributed by atoms with E-state index in [-0.39, 0.29) is 18.0 Å². The molecule has 7 nitrogen and oxygen atoms in total. The van der Waals surface area contributed by atoms with Crippen LogP contribution in [-0.4, -0.2) is 16.8 Å². The Morgan fingerprint density at radius 1 is 1.14 bits per heavy atom. The van der Waals surface area contributed by atoms with Crippen LogP contribution in [0.4, 0.5) is 5.69 Å². The van der Waals surface area contributed by atoms with E-state index in [0.717, 1.165) is 10.4 Å². The van der Waals surface area contributed by atoms with Gasteiger partial charge in [0.2, 0.25) is 5.90 Å². The molecule has 0 N–H and O–H groups in total. The van der Waals surface area contributed by atoms with Crippen molar-refractivity contribution in [3.8, 4) is 5.75 Å². The Morgan fingerprint density at radius 2 is 1.97 bits per heavy atom. The first-order valence-electron chi connectivity index (χ1n) is 8.61. The fourth-order valence-corrected chi connectivity index (χ4v) is 3.31. The van der Waals surface area contributed by atoms with E-state index in [1.807, 2.05) is 17.5 Å². The molecule has 2 aromatic carbocycles. The molecule has 0 amide bonds. The number of esters is 1. The van der Waals surface area contributed by atoms with Crippen molar-refractivity contribution in [2.24, 2.45) is 4.99 Å². The van der Waals surface area contributed by atoms with Crippen LogP contribution in [0.3, 0.4) is 0 Å². The minimum atomic E-state index is -0.487. The van der Waals surface area contributed by atoms with Crippen LogP contribution >= 0.6 is 11.3 Å². The zero-order valence-electron chi connectivity index (χ0n) is 15.0. The minimum Gasteiger partial charge on any atom is -0.489 e. The normalized spacial score (nSPS) is 14.6. The van der Waals surface area contributed by atoms with Gasteiger partial charge in [0.25, 0.3) is 5.69 Å². The number of carbonyl (C=O) groups is 1. The number of thiophene rings is 1. The Bertz CT molecular complexity index is 1120. The minimum absolute atomic E-state index is 0.0268. The number of nitrogens with zero attached hydrogens (tertiary/aromatic N) is 2. The standard InChI is InChI=1S/C21H14N2O5S/c24-21-18(22-20(28-21)19-5-2-10-29-19)12-14-6-8-17(9-7-14)27-13-15-3-1-4-16(11-15)23(25)26/h1-12H,13H2/b18-12+. The van der Waals surface area contributed by atoms with Crippen molar-refractivity contribution in [2.75, 3.05) is 0 Å². The van der Waals surface area contributed by atoms with Crippen molar-refractivity contribution in [1.29, 1.82) is 0 Å². The number of non-ortho nitro benzene ring substituents is 1. The number of hydrogen-bond donors (Lipinski definition) is 0. The van der Waals surface area contributed by atoms with E-state index >= 15 is 0 Å². The Kier molecular flexibility index (Phi) is 5.17. The Labute approximate surface area is 169 Å². The van der Waals surface area contributed by atoms with Crippen LogP contribution in [0.15, 0.2) is 76.7 Å². The predicted octanol–water partition coefficient (Wildman–Crippen LogP) is 4.58. The third-order valence-corrected chi connectivity index (χ3v) is 4.92. The van der Waals surface area contributed by atoms with Crippen LogP contribution in [-0.2, 0) is 16.1 Å². The number of nitro benzene ring substituents is 1. The van der Waals surface area contributed by atoms with Gasteiger partial charge in [0.15, 0.2) is 5.70 Å². The highest BCUT2D eigenvalue weighted by molar-refractivity contribution is 7.12. The second kappa shape index (κ2) is 8.07. The van der Waals surface area contributed by atoms with Crippen molar-refractivity contribution < 1.29 is 19.2 Å². The number of hydrogen-bond acceptors (Lipinski definition) is 7. The summed E-state index contributed by atoms with van der Waals surface area (Å²) >= 11 is 1.45. The van der Waals surface area contributed by atoms with E-state index in [2.05, 4.69) is 4.99 Å². The number of rotatable bonds is 6. The molecule has 29 heavy (non-hydrogen) atoms. The van der Waals surface area contributed by atoms with Gasteiger partial charge in [0.1, 0.15) is 12.4 Å². The SMILES string of the molecule is O=C1OC(c2cccs2)=N/C1=C/c1ccc(OCc2cccc([N+](=O)[O-])c2)cc1. The fraction of sp³-hybridized carbons (Fsp3) is 0.0476. The molecular formula is C21H14N2O5S. The lowest BCUT2D eigenvalue weighted by molar-refractivity contribution is -0.384.